The Morgan fingerprint density at radius 1 is 1.33 bits per heavy atom. The summed E-state index contributed by atoms with van der Waals surface area (Å²) in [6, 6.07) is 0. The number of unbranched alkanes of at least 4 members (excludes halogenated alkanes) is 2. The highest BCUT2D eigenvalue weighted by atomic mass is 14.4. The smallest absolute Gasteiger partial charge is 0.0386 e. The Morgan fingerprint density at radius 2 is 2.00 bits per heavy atom. The van der Waals surface area contributed by atoms with Gasteiger partial charge >= 0.3 is 0 Å². The minimum Gasteiger partial charge on any atom is -0.0654 e. The first-order chi connectivity index (χ1) is 4.34. The van der Waals surface area contributed by atoms with E-state index in [9.17, 15) is 0 Å². The number of hydrogen-bond acceptors (Lipinski definition) is 0. The molecule has 1 fully saturated rings. The molecule has 1 rings (SSSR count). The maximum atomic E-state index is 2.37. The van der Waals surface area contributed by atoms with E-state index >= 15 is 0 Å². The summed E-state index contributed by atoms with van der Waals surface area (Å²) in [5, 5.41) is 0. The summed E-state index contributed by atoms with van der Waals surface area (Å²) >= 11 is 0. The summed E-state index contributed by atoms with van der Waals surface area (Å²) < 4.78 is 0. The van der Waals surface area contributed by atoms with Gasteiger partial charge in [0.25, 0.3) is 0 Å². The summed E-state index contributed by atoms with van der Waals surface area (Å²) in [4.78, 5) is 0. The molecule has 1 saturated carbocycles. The maximum Gasteiger partial charge on any atom is -0.0386 e. The minimum atomic E-state index is 1.07. The molecule has 1 aliphatic carbocycles. The topological polar surface area (TPSA) is 0 Å². The molecule has 0 nitrogen and oxygen atoms in total. The number of rotatable bonds is 4. The van der Waals surface area contributed by atoms with Gasteiger partial charge in [0.2, 0.25) is 0 Å². The van der Waals surface area contributed by atoms with E-state index in [4.69, 9.17) is 0 Å². The van der Waals surface area contributed by atoms with Gasteiger partial charge < -0.3 is 0 Å². The molecular formula is C9H18. The van der Waals surface area contributed by atoms with Crippen LogP contribution in [0.4, 0.5) is 0 Å². The second-order valence-corrected chi connectivity index (χ2v) is 3.47. The van der Waals surface area contributed by atoms with Gasteiger partial charge in [0.05, 0.1) is 0 Å². The molecule has 0 aliphatic heterocycles. The SMILES string of the molecule is CCCCC[C@@H]1CC1C. The monoisotopic (exact) mass is 126 g/mol. The first-order valence-corrected chi connectivity index (χ1v) is 4.34. The lowest BCUT2D eigenvalue weighted by Gasteiger charge is -1.94. The van der Waals surface area contributed by atoms with Crippen molar-refractivity contribution in [2.75, 3.05) is 0 Å². The van der Waals surface area contributed by atoms with Crippen LogP contribution < -0.4 is 0 Å². The molecule has 0 aromatic heterocycles. The third-order valence-electron chi connectivity index (χ3n) is 2.45. The Bertz CT molecular complexity index is 76.1. The Morgan fingerprint density at radius 3 is 2.44 bits per heavy atom. The van der Waals surface area contributed by atoms with Gasteiger partial charge in [0.1, 0.15) is 0 Å². The highest BCUT2D eigenvalue weighted by Crippen LogP contribution is 2.41. The molecule has 2 atom stereocenters. The first kappa shape index (κ1) is 7.11. The largest absolute Gasteiger partial charge is 0.0654 e. The van der Waals surface area contributed by atoms with Crippen LogP contribution in [0.5, 0.6) is 0 Å². The molecule has 0 saturated heterocycles. The van der Waals surface area contributed by atoms with E-state index in [1.807, 2.05) is 0 Å². The Balaban J connectivity index is 1.83. The zero-order valence-electron chi connectivity index (χ0n) is 6.69. The van der Waals surface area contributed by atoms with Crippen molar-refractivity contribution in [2.45, 2.75) is 46.0 Å². The van der Waals surface area contributed by atoms with Crippen LogP contribution in [0.15, 0.2) is 0 Å². The third kappa shape index (κ3) is 2.38. The van der Waals surface area contributed by atoms with Gasteiger partial charge in [-0.15, -0.1) is 0 Å². The molecule has 9 heavy (non-hydrogen) atoms. The van der Waals surface area contributed by atoms with Gasteiger partial charge in [-0.3, -0.25) is 0 Å². The zero-order valence-corrected chi connectivity index (χ0v) is 6.69. The lowest BCUT2D eigenvalue weighted by molar-refractivity contribution is 0.595. The van der Waals surface area contributed by atoms with Crippen molar-refractivity contribution in [2.24, 2.45) is 11.8 Å². The van der Waals surface area contributed by atoms with Crippen LogP contribution in [-0.2, 0) is 0 Å². The van der Waals surface area contributed by atoms with Crippen LogP contribution in [0, 0.1) is 11.8 Å². The van der Waals surface area contributed by atoms with E-state index in [1.54, 1.807) is 0 Å². The van der Waals surface area contributed by atoms with E-state index < -0.39 is 0 Å². The van der Waals surface area contributed by atoms with Crippen molar-refractivity contribution in [3.8, 4) is 0 Å². The lowest BCUT2D eigenvalue weighted by atomic mass is 10.1. The first-order valence-electron chi connectivity index (χ1n) is 4.34. The predicted molar refractivity (Wildman–Crippen MR) is 41.4 cm³/mol. The minimum absolute atomic E-state index is 1.07. The molecule has 0 bridgehead atoms. The van der Waals surface area contributed by atoms with Crippen LogP contribution in [0.3, 0.4) is 0 Å². The van der Waals surface area contributed by atoms with Crippen molar-refractivity contribution in [3.63, 3.8) is 0 Å². The van der Waals surface area contributed by atoms with Gasteiger partial charge in [0, 0.05) is 0 Å². The van der Waals surface area contributed by atoms with Gasteiger partial charge in [-0.1, -0.05) is 39.5 Å². The standard InChI is InChI=1S/C9H18/c1-3-4-5-6-9-7-8(9)2/h8-9H,3-7H2,1-2H3/t8?,9-/m1/s1. The highest BCUT2D eigenvalue weighted by molar-refractivity contribution is 4.81. The predicted octanol–water partition coefficient (Wildman–Crippen LogP) is 3.22. The van der Waals surface area contributed by atoms with Crippen molar-refractivity contribution < 1.29 is 0 Å². The third-order valence-corrected chi connectivity index (χ3v) is 2.45. The molecule has 0 amide bonds. The van der Waals surface area contributed by atoms with Gasteiger partial charge in [-0.2, -0.15) is 0 Å². The molecule has 1 aliphatic rings. The Hall–Kier alpha value is 0. The Kier molecular flexibility index (Phi) is 2.56. The zero-order chi connectivity index (χ0) is 6.69. The molecule has 0 aromatic carbocycles. The van der Waals surface area contributed by atoms with E-state index in [0.717, 1.165) is 11.8 Å². The van der Waals surface area contributed by atoms with Crippen molar-refractivity contribution in [3.05, 3.63) is 0 Å². The molecule has 0 aromatic rings. The van der Waals surface area contributed by atoms with Crippen LogP contribution in [0.1, 0.15) is 46.0 Å². The average molecular weight is 126 g/mol. The molecule has 0 radical (unpaired) electrons. The summed E-state index contributed by atoms with van der Waals surface area (Å²) in [6.45, 7) is 4.65. The molecule has 1 unspecified atom stereocenters. The normalized spacial score (nSPS) is 32.7. The number of hydrogen-bond donors (Lipinski definition) is 0. The van der Waals surface area contributed by atoms with Crippen molar-refractivity contribution in [1.82, 2.24) is 0 Å². The average Bonchev–Trinajstić information content (AvgIpc) is 2.48. The van der Waals surface area contributed by atoms with E-state index in [1.165, 1.54) is 32.1 Å². The Labute approximate surface area is 58.7 Å². The van der Waals surface area contributed by atoms with Crippen molar-refractivity contribution in [1.29, 1.82) is 0 Å². The lowest BCUT2D eigenvalue weighted by Crippen LogP contribution is -1.79. The van der Waals surface area contributed by atoms with Gasteiger partial charge in [-0.25, -0.2) is 0 Å². The highest BCUT2D eigenvalue weighted by Gasteiger charge is 2.30. The summed E-state index contributed by atoms with van der Waals surface area (Å²) in [5.74, 6) is 2.19. The van der Waals surface area contributed by atoms with Crippen LogP contribution in [-0.4, -0.2) is 0 Å². The molecule has 0 heterocycles. The molecule has 0 N–H and O–H groups in total. The quantitative estimate of drug-likeness (QED) is 0.507. The van der Waals surface area contributed by atoms with Gasteiger partial charge in [-0.05, 0) is 18.3 Å². The fourth-order valence-electron chi connectivity index (χ4n) is 1.46. The van der Waals surface area contributed by atoms with Crippen molar-refractivity contribution >= 4 is 0 Å². The second-order valence-electron chi connectivity index (χ2n) is 3.47. The fourth-order valence-corrected chi connectivity index (χ4v) is 1.46. The molecule has 0 heteroatoms. The van der Waals surface area contributed by atoms with Crippen LogP contribution in [0.2, 0.25) is 0 Å². The molecule has 0 spiro atoms. The van der Waals surface area contributed by atoms with E-state index in [-0.39, 0.29) is 0 Å². The van der Waals surface area contributed by atoms with Gasteiger partial charge in [0.15, 0.2) is 0 Å². The van der Waals surface area contributed by atoms with E-state index in [0.29, 0.717) is 0 Å². The molecule has 54 valence electrons. The molecular weight excluding hydrogens is 108 g/mol. The van der Waals surface area contributed by atoms with Crippen LogP contribution >= 0.6 is 0 Å². The second kappa shape index (κ2) is 3.24. The van der Waals surface area contributed by atoms with E-state index in [2.05, 4.69) is 13.8 Å². The van der Waals surface area contributed by atoms with Crippen LogP contribution in [0.25, 0.3) is 0 Å². The summed E-state index contributed by atoms with van der Waals surface area (Å²) in [7, 11) is 0. The fraction of sp³-hybridized carbons (Fsp3) is 1.00. The summed E-state index contributed by atoms with van der Waals surface area (Å²) in [6.07, 6.45) is 7.33. The maximum absolute atomic E-state index is 2.37. The summed E-state index contributed by atoms with van der Waals surface area (Å²) in [5.41, 5.74) is 0.